The number of benzene rings is 4. The van der Waals surface area contributed by atoms with Crippen LogP contribution < -0.4 is 21.2 Å². The predicted octanol–water partition coefficient (Wildman–Crippen LogP) is 8.46. The Hall–Kier alpha value is -2.16. The third-order valence-corrected chi connectivity index (χ3v) is 16.2. The van der Waals surface area contributed by atoms with Gasteiger partial charge in [-0.1, -0.05) is 0 Å². The Balaban J connectivity index is 1.42. The quantitative estimate of drug-likeness (QED) is 0.0882. The summed E-state index contributed by atoms with van der Waals surface area (Å²) < 4.78 is 2.46. The second-order valence-corrected chi connectivity index (χ2v) is 17.8. The molecular weight excluding hydrogens is 597 g/mol. The second-order valence-electron chi connectivity index (χ2n) is 9.72. The molecule has 0 heterocycles. The summed E-state index contributed by atoms with van der Waals surface area (Å²) in [6.07, 6.45) is 16.0. The molecule has 1 unspecified atom stereocenters. The fourth-order valence-corrected chi connectivity index (χ4v) is 14.7. The van der Waals surface area contributed by atoms with Crippen molar-refractivity contribution in [1.29, 1.82) is 0 Å². The van der Waals surface area contributed by atoms with Gasteiger partial charge in [0.15, 0.2) is 0 Å². The first-order chi connectivity index (χ1) is 19.4. The first-order valence-electron chi connectivity index (χ1n) is 14.1. The molecule has 0 amide bonds. The van der Waals surface area contributed by atoms with Crippen molar-refractivity contribution in [2.24, 2.45) is 0 Å². The van der Waals surface area contributed by atoms with Crippen molar-refractivity contribution in [2.45, 2.75) is 42.8 Å². The average molecular weight is 636 g/mol. The summed E-state index contributed by atoms with van der Waals surface area (Å²) in [6.45, 7) is 0. The zero-order valence-electron chi connectivity index (χ0n) is 22.5. The maximum absolute atomic E-state index is 2.60. The molecule has 0 saturated carbocycles. The average Bonchev–Trinajstić information content (AvgIpc) is 2.98. The molecule has 39 heavy (non-hydrogen) atoms. The van der Waals surface area contributed by atoms with Crippen molar-refractivity contribution in [3.8, 4) is 0 Å². The molecule has 0 spiro atoms. The molecule has 1 aliphatic carbocycles. The van der Waals surface area contributed by atoms with Crippen LogP contribution in [0.2, 0.25) is 0 Å². The summed E-state index contributed by atoms with van der Waals surface area (Å²) in [5.74, 6) is 0. The van der Waals surface area contributed by atoms with Gasteiger partial charge in [0, 0.05) is 0 Å². The molecule has 0 aliphatic heterocycles. The molecular formula is C36H38P2Rh. The molecule has 0 radical (unpaired) electrons. The monoisotopic (exact) mass is 635 g/mol. The predicted molar refractivity (Wildman–Crippen MR) is 172 cm³/mol. The number of hydrogen-bond donors (Lipinski definition) is 0. The standard InChI is InChI=1S/C28H27P2.C8H11.Rh/c1-5-15-25(16-6-1)29(26-17-7-2-8-18-26)23-13-14-24-30(27-19-9-3-10-20-27)28-21-11-4-12-22-28;1-2-4-6-8-7-5-3-1;/h1-12,15-23H,13-14,24H2;1-2,7H,3-6H2;. The van der Waals surface area contributed by atoms with Crippen molar-refractivity contribution in [3.63, 3.8) is 0 Å². The van der Waals surface area contributed by atoms with Crippen LogP contribution in [0.4, 0.5) is 0 Å². The normalized spacial score (nSPS) is 14.7. The van der Waals surface area contributed by atoms with E-state index >= 15 is 0 Å². The van der Waals surface area contributed by atoms with Crippen molar-refractivity contribution < 1.29 is 17.1 Å². The maximum atomic E-state index is 2.60. The van der Waals surface area contributed by atoms with E-state index in [2.05, 4.69) is 140 Å². The van der Waals surface area contributed by atoms with E-state index in [0.29, 0.717) is 21.4 Å². The van der Waals surface area contributed by atoms with E-state index in [1.807, 2.05) is 0 Å². The van der Waals surface area contributed by atoms with Gasteiger partial charge in [-0.05, 0) is 0 Å². The van der Waals surface area contributed by atoms with Gasteiger partial charge in [-0.25, -0.2) is 0 Å². The summed E-state index contributed by atoms with van der Waals surface area (Å²) in [6, 6.07) is 45.3. The van der Waals surface area contributed by atoms with Crippen LogP contribution in [0.3, 0.4) is 0 Å². The van der Waals surface area contributed by atoms with E-state index in [-0.39, 0.29) is 7.92 Å². The molecule has 0 fully saturated rings. The zero-order valence-corrected chi connectivity index (χ0v) is 26.0. The molecule has 4 aromatic rings. The van der Waals surface area contributed by atoms with Crippen LogP contribution in [-0.4, -0.2) is 10.4 Å². The van der Waals surface area contributed by atoms with Crippen molar-refractivity contribution >= 4 is 37.1 Å². The first kappa shape index (κ1) is 28.4. The topological polar surface area (TPSA) is 0 Å². The van der Waals surface area contributed by atoms with Crippen LogP contribution in [0.25, 0.3) is 0 Å². The Labute approximate surface area is 245 Å². The molecule has 5 rings (SSSR count). The van der Waals surface area contributed by atoms with Gasteiger partial charge in [0.2, 0.25) is 0 Å². The zero-order chi connectivity index (χ0) is 26.5. The van der Waals surface area contributed by atoms with Gasteiger partial charge in [0.05, 0.1) is 0 Å². The Morgan fingerprint density at radius 2 is 1.05 bits per heavy atom. The molecule has 0 nitrogen and oxygen atoms in total. The van der Waals surface area contributed by atoms with Gasteiger partial charge >= 0.3 is 247 Å². The Bertz CT molecular complexity index is 1220. The number of hydrogen-bond acceptors (Lipinski definition) is 0. The molecule has 0 aromatic heterocycles. The van der Waals surface area contributed by atoms with Gasteiger partial charge in [-0.3, -0.25) is 0 Å². The van der Waals surface area contributed by atoms with E-state index in [1.165, 1.54) is 65.9 Å². The van der Waals surface area contributed by atoms with E-state index in [1.54, 1.807) is 4.17 Å². The van der Waals surface area contributed by atoms with Crippen LogP contribution >= 0.6 is 15.8 Å². The third kappa shape index (κ3) is 8.42. The fourth-order valence-electron chi connectivity index (χ4n) is 5.00. The summed E-state index contributed by atoms with van der Waals surface area (Å²) in [7, 11) is -0.760. The molecule has 1 atom stereocenters. The number of rotatable bonds is 11. The van der Waals surface area contributed by atoms with Crippen molar-refractivity contribution in [3.05, 3.63) is 144 Å². The molecule has 0 saturated heterocycles. The van der Waals surface area contributed by atoms with E-state index in [0.717, 1.165) is 0 Å². The SMILES string of the molecule is C1=CCC[C]([Rh][CH](CCCP(c2ccccc2)c2ccccc2)P(c2ccccc2)c2ccccc2)=CCC1. The van der Waals surface area contributed by atoms with Crippen LogP contribution in [-0.2, 0) is 17.1 Å². The van der Waals surface area contributed by atoms with E-state index in [9.17, 15) is 0 Å². The first-order valence-corrected chi connectivity index (χ1v) is 18.8. The Morgan fingerprint density at radius 1 is 0.564 bits per heavy atom. The molecule has 201 valence electrons. The van der Waals surface area contributed by atoms with Gasteiger partial charge in [0.25, 0.3) is 0 Å². The Morgan fingerprint density at radius 3 is 1.59 bits per heavy atom. The molecule has 0 bridgehead atoms. The molecule has 0 N–H and O–H groups in total. The van der Waals surface area contributed by atoms with Gasteiger partial charge in [-0.15, -0.1) is 0 Å². The van der Waals surface area contributed by atoms with Gasteiger partial charge in [-0.2, -0.15) is 0 Å². The third-order valence-electron chi connectivity index (χ3n) is 6.91. The van der Waals surface area contributed by atoms with Crippen LogP contribution in [0.15, 0.2) is 144 Å². The minimum absolute atomic E-state index is 0.345. The van der Waals surface area contributed by atoms with Crippen LogP contribution in [0, 0.1) is 0 Å². The van der Waals surface area contributed by atoms with Crippen LogP contribution in [0.1, 0.15) is 38.5 Å². The van der Waals surface area contributed by atoms with Crippen molar-refractivity contribution in [2.75, 3.05) is 6.16 Å². The van der Waals surface area contributed by atoms with Crippen molar-refractivity contribution in [1.82, 2.24) is 0 Å². The second kappa shape index (κ2) is 15.6. The minimum atomic E-state index is -0.414. The van der Waals surface area contributed by atoms with Crippen LogP contribution in [0.5, 0.6) is 0 Å². The van der Waals surface area contributed by atoms with E-state index < -0.39 is 7.92 Å². The number of allylic oxidation sites excluding steroid dienone is 4. The van der Waals surface area contributed by atoms with Gasteiger partial charge in [0.1, 0.15) is 0 Å². The summed E-state index contributed by atoms with van der Waals surface area (Å²) in [4.78, 5) is 0. The fraction of sp³-hybridized carbons (Fsp3) is 0.222. The summed E-state index contributed by atoms with van der Waals surface area (Å²) in [5.41, 5.74) is 0. The molecule has 3 heteroatoms. The summed E-state index contributed by atoms with van der Waals surface area (Å²) in [5, 5.41) is 6.08. The Kier molecular flexibility index (Phi) is 11.3. The van der Waals surface area contributed by atoms with Gasteiger partial charge < -0.3 is 0 Å². The molecule has 1 aliphatic rings. The summed E-state index contributed by atoms with van der Waals surface area (Å²) >= 11 is 0.403. The molecule has 4 aromatic carbocycles. The van der Waals surface area contributed by atoms with E-state index in [4.69, 9.17) is 0 Å².